The van der Waals surface area contributed by atoms with Crippen LogP contribution in [0.2, 0.25) is 0 Å². The molecule has 272 valence electrons. The molecule has 0 N–H and O–H groups in total. The highest BCUT2D eigenvalue weighted by molar-refractivity contribution is 4.50. The van der Waals surface area contributed by atoms with E-state index < -0.39 is 20.5 Å². The van der Waals surface area contributed by atoms with Crippen molar-refractivity contribution in [2.75, 3.05) is 52.4 Å². The van der Waals surface area contributed by atoms with E-state index >= 15 is 0 Å². The van der Waals surface area contributed by atoms with Gasteiger partial charge in [0.15, 0.2) is 0 Å². The lowest BCUT2D eigenvalue weighted by molar-refractivity contribution is -2.00. The molecule has 44 heavy (non-hydrogen) atoms. The average Bonchev–Trinajstić information content (AvgIpc) is 2.94. The Morgan fingerprint density at radius 1 is 0.273 bits per heavy atom. The fourth-order valence-corrected chi connectivity index (χ4v) is 5.29. The van der Waals surface area contributed by atoms with Gasteiger partial charge in [0.1, 0.15) is 0 Å². The molecular weight excluding hydrogens is 611 g/mol. The molecule has 0 aromatic heterocycles. The molecule has 0 atom stereocenters. The van der Waals surface area contributed by atoms with Gasteiger partial charge >= 0.3 is 0 Å². The van der Waals surface area contributed by atoms with Crippen molar-refractivity contribution in [1.29, 1.82) is 0 Å². The largest absolute Gasteiger partial charge is 0.324 e. The van der Waals surface area contributed by atoms with Gasteiger partial charge in [-0.2, -0.15) is 0 Å². The highest BCUT2D eigenvalue weighted by atomic mass is 35.7. The van der Waals surface area contributed by atoms with Crippen molar-refractivity contribution in [3.05, 3.63) is 0 Å². The monoisotopic (exact) mass is 682 g/mol. The molecule has 10 nitrogen and oxygen atoms in total. The summed E-state index contributed by atoms with van der Waals surface area (Å²) in [7, 11) is -9.89. The summed E-state index contributed by atoms with van der Waals surface area (Å²) in [5.41, 5.74) is 0. The number of unbranched alkanes of at least 4 members (excludes halogenated alkanes) is 8. The second-order valence-electron chi connectivity index (χ2n) is 12.1. The van der Waals surface area contributed by atoms with Gasteiger partial charge in [-0.15, -0.1) is 20.5 Å². The second-order valence-corrected chi connectivity index (χ2v) is 13.6. The molecule has 0 fully saturated rings. The van der Waals surface area contributed by atoms with E-state index in [1.165, 1.54) is 164 Å². The first kappa shape index (κ1) is 51.0. The van der Waals surface area contributed by atoms with Crippen molar-refractivity contribution < 1.29 is 66.7 Å². The van der Waals surface area contributed by atoms with E-state index in [9.17, 15) is 0 Å². The van der Waals surface area contributed by atoms with E-state index in [0.29, 0.717) is 0 Å². The van der Waals surface area contributed by atoms with Crippen LogP contribution in [-0.2, 0) is 0 Å². The first-order valence-corrected chi connectivity index (χ1v) is 19.9. The predicted molar refractivity (Wildman–Crippen MR) is 159 cm³/mol. The molecule has 0 heterocycles. The molecule has 0 radical (unpaired) electrons. The molecule has 0 saturated heterocycles. The Hall–Kier alpha value is 0.180. The Labute approximate surface area is 276 Å². The van der Waals surface area contributed by atoms with Crippen molar-refractivity contribution in [3.63, 3.8) is 0 Å². The Morgan fingerprint density at radius 2 is 0.364 bits per heavy atom. The van der Waals surface area contributed by atoms with Gasteiger partial charge in [0.25, 0.3) is 0 Å². The number of halogens is 2. The molecule has 0 spiro atoms. The highest BCUT2D eigenvalue weighted by Gasteiger charge is 2.25. The minimum Gasteiger partial charge on any atom is -0.324 e. The molecule has 0 saturated carbocycles. The zero-order valence-corrected chi connectivity index (χ0v) is 31.4. The van der Waals surface area contributed by atoms with E-state index in [2.05, 4.69) is 55.4 Å². The smallest absolute Gasteiger partial charge is 0.0786 e. The van der Waals surface area contributed by atoms with Crippen molar-refractivity contribution in [1.82, 2.24) is 0 Å². The first-order valence-electron chi connectivity index (χ1n) is 17.4. The summed E-state index contributed by atoms with van der Waals surface area (Å²) in [6.45, 7) is 30.0. The molecule has 0 aromatic carbocycles. The number of rotatable bonds is 24. The number of hydrogen-bond donors (Lipinski definition) is 0. The van der Waals surface area contributed by atoms with Gasteiger partial charge in [0.05, 0.1) is 52.4 Å². The molecule has 0 bridgehead atoms. The van der Waals surface area contributed by atoms with Gasteiger partial charge in [-0.3, -0.25) is 0 Å². The lowest BCUT2D eigenvalue weighted by atomic mass is 10.1. The van der Waals surface area contributed by atoms with Crippen LogP contribution in [0.1, 0.15) is 158 Å². The normalized spacial score (nSPS) is 12.0. The number of quaternary nitrogens is 2. The molecule has 0 aliphatic carbocycles. The van der Waals surface area contributed by atoms with Crippen molar-refractivity contribution >= 4 is 0 Å². The molecule has 12 heteroatoms. The molecule has 0 aromatic rings. The predicted octanol–water partition coefficient (Wildman–Crippen LogP) is 0.495. The lowest BCUT2D eigenvalue weighted by Gasteiger charge is -2.39. The lowest BCUT2D eigenvalue weighted by Crippen LogP contribution is -2.68. The van der Waals surface area contributed by atoms with Crippen molar-refractivity contribution in [2.24, 2.45) is 0 Å². The molecular formula is C32H72Cl2N2O8. The first-order chi connectivity index (χ1) is 20.5. The van der Waals surface area contributed by atoms with Gasteiger partial charge in [-0.05, 0) is 51.4 Å². The van der Waals surface area contributed by atoms with Crippen LogP contribution in [0.15, 0.2) is 0 Å². The third-order valence-electron chi connectivity index (χ3n) is 7.89. The van der Waals surface area contributed by atoms with Gasteiger partial charge in [0, 0.05) is 0 Å². The van der Waals surface area contributed by atoms with Crippen LogP contribution < -0.4 is 37.3 Å². The quantitative estimate of drug-likeness (QED) is 0.132. The second kappa shape index (κ2) is 33.1. The summed E-state index contributed by atoms with van der Waals surface area (Å²) in [4.78, 5) is 0. The van der Waals surface area contributed by atoms with Crippen LogP contribution in [-0.4, -0.2) is 61.3 Å². The van der Waals surface area contributed by atoms with E-state index in [4.69, 9.17) is 37.3 Å². The van der Waals surface area contributed by atoms with Gasteiger partial charge in [0.2, 0.25) is 0 Å². The Balaban J connectivity index is -0.000000278. The summed E-state index contributed by atoms with van der Waals surface area (Å²) in [6, 6.07) is 0. The van der Waals surface area contributed by atoms with Gasteiger partial charge < -0.3 is 8.97 Å². The summed E-state index contributed by atoms with van der Waals surface area (Å²) < 4.78 is 70.8. The van der Waals surface area contributed by atoms with Crippen LogP contribution in [0.3, 0.4) is 0 Å². The van der Waals surface area contributed by atoms with Crippen LogP contribution in [0.25, 0.3) is 0 Å². The minimum absolute atomic E-state index is 1.35. The zero-order chi connectivity index (χ0) is 35.0. The molecule has 0 rings (SSSR count). The van der Waals surface area contributed by atoms with E-state index in [1.807, 2.05) is 0 Å². The summed E-state index contributed by atoms with van der Waals surface area (Å²) in [5, 5.41) is 0. The number of hydrogen-bond acceptors (Lipinski definition) is 8. The van der Waals surface area contributed by atoms with E-state index in [0.717, 1.165) is 0 Å². The van der Waals surface area contributed by atoms with E-state index in [-0.39, 0.29) is 0 Å². The molecule has 0 aliphatic rings. The Morgan fingerprint density at radius 3 is 0.432 bits per heavy atom. The van der Waals surface area contributed by atoms with E-state index in [1.54, 1.807) is 0 Å². The third-order valence-corrected chi connectivity index (χ3v) is 7.89. The van der Waals surface area contributed by atoms with Crippen LogP contribution in [0.4, 0.5) is 0 Å². The van der Waals surface area contributed by atoms with Crippen LogP contribution in [0.5, 0.6) is 0 Å². The maximum atomic E-state index is 8.49. The summed E-state index contributed by atoms with van der Waals surface area (Å²) in [5.74, 6) is 0. The molecule has 0 amide bonds. The maximum absolute atomic E-state index is 8.49. The average molecular weight is 684 g/mol. The van der Waals surface area contributed by atoms with Gasteiger partial charge in [-0.1, -0.05) is 107 Å². The number of nitrogens with zero attached hydrogens (tertiary/aromatic N) is 2. The fraction of sp³-hybridized carbons (Fsp3) is 1.00. The summed E-state index contributed by atoms with van der Waals surface area (Å²) in [6.07, 6.45) is 22.1. The van der Waals surface area contributed by atoms with Crippen LogP contribution in [0, 0.1) is 20.5 Å². The Bertz CT molecular complexity index is 430. The molecule has 0 aliphatic heterocycles. The van der Waals surface area contributed by atoms with Crippen molar-refractivity contribution in [3.8, 4) is 0 Å². The fourth-order valence-electron chi connectivity index (χ4n) is 5.29. The van der Waals surface area contributed by atoms with Gasteiger partial charge in [-0.25, -0.2) is 37.3 Å². The van der Waals surface area contributed by atoms with Crippen molar-refractivity contribution in [2.45, 2.75) is 158 Å². The highest BCUT2D eigenvalue weighted by Crippen LogP contribution is 2.17. The molecule has 0 unspecified atom stereocenters. The topological polar surface area (TPSA) is 184 Å². The third kappa shape index (κ3) is 44.3. The summed E-state index contributed by atoms with van der Waals surface area (Å²) >= 11 is 0. The minimum atomic E-state index is -4.94. The maximum Gasteiger partial charge on any atom is 0.0786 e. The zero-order valence-electron chi connectivity index (χ0n) is 29.9. The Kier molecular flexibility index (Phi) is 38.4. The standard InChI is InChI=1S/2C16H36N.2ClHO4/c2*1-5-9-13-17(14-10-6-2,15-11-7-3)16-12-8-4;2*2-1(3,4)5/h2*5-16H2,1-4H3;2*(H,2,3,4,5)/q2*+1;;/p-2. The SMILES string of the molecule is CCCC[N+](CCCC)(CCCC)CCCC.CCCC[N+](CCCC)(CCCC)CCCC.[O-][Cl+3]([O-])([O-])[O-].[O-][Cl+3]([O-])([O-])[O-]. The van der Waals surface area contributed by atoms with Crippen LogP contribution >= 0.6 is 0 Å².